The van der Waals surface area contributed by atoms with E-state index in [4.69, 9.17) is 0 Å². The van der Waals surface area contributed by atoms with Crippen LogP contribution in [-0.4, -0.2) is 13.3 Å². The molecule has 0 radical (unpaired) electrons. The normalized spacial score (nSPS) is 11.4. The van der Waals surface area contributed by atoms with Crippen molar-refractivity contribution in [2.45, 2.75) is 4.90 Å². The lowest BCUT2D eigenvalue weighted by molar-refractivity contribution is -0.387. The van der Waals surface area contributed by atoms with Crippen LogP contribution in [0.25, 0.3) is 0 Å². The van der Waals surface area contributed by atoms with Crippen LogP contribution in [0.4, 0.5) is 18.4 Å². The smallest absolute Gasteiger partial charge is 0.258 e. The van der Waals surface area contributed by atoms with E-state index in [1.54, 1.807) is 0 Å². The predicted molar refractivity (Wildman–Crippen MR) is 41.3 cm³/mol. The zero-order chi connectivity index (χ0) is 11.8. The van der Waals surface area contributed by atoms with Crippen molar-refractivity contribution in [3.63, 3.8) is 0 Å². The summed E-state index contributed by atoms with van der Waals surface area (Å²) in [7, 11) is -5.67. The Balaban J connectivity index is 3.66. The molecule has 1 rings (SSSR count). The second-order valence-electron chi connectivity index (χ2n) is 2.40. The monoisotopic (exact) mass is 241 g/mol. The molecule has 0 amide bonds. The van der Waals surface area contributed by atoms with E-state index in [-0.39, 0.29) is 0 Å². The molecular weight excluding hydrogens is 239 g/mol. The summed E-state index contributed by atoms with van der Waals surface area (Å²) >= 11 is 0. The highest BCUT2D eigenvalue weighted by molar-refractivity contribution is 7.86. The van der Waals surface area contributed by atoms with Crippen molar-refractivity contribution >= 4 is 15.9 Å². The minimum Gasteiger partial charge on any atom is -0.258 e. The Kier molecular flexibility index (Phi) is 2.67. The number of halogens is 3. The molecule has 1 aromatic rings. The second kappa shape index (κ2) is 3.50. The Labute approximate surface area is 81.5 Å². The van der Waals surface area contributed by atoms with Gasteiger partial charge in [-0.1, -0.05) is 0 Å². The van der Waals surface area contributed by atoms with Gasteiger partial charge in [0.2, 0.25) is 5.82 Å². The van der Waals surface area contributed by atoms with Gasteiger partial charge in [-0.05, 0) is 6.07 Å². The van der Waals surface area contributed by atoms with Gasteiger partial charge >= 0.3 is 15.9 Å². The molecule has 0 heterocycles. The molecule has 0 aromatic heterocycles. The van der Waals surface area contributed by atoms with Gasteiger partial charge < -0.3 is 0 Å². The van der Waals surface area contributed by atoms with E-state index in [0.717, 1.165) is 0 Å². The maximum atomic E-state index is 13.0. The molecular formula is C6H2F3NO4S. The number of rotatable bonds is 2. The fraction of sp³-hybridized carbons (Fsp3) is 0. The van der Waals surface area contributed by atoms with Crippen LogP contribution in [0, 0.1) is 21.7 Å². The van der Waals surface area contributed by atoms with Gasteiger partial charge in [0, 0.05) is 6.07 Å². The van der Waals surface area contributed by atoms with Crippen molar-refractivity contribution < 1.29 is 26.0 Å². The van der Waals surface area contributed by atoms with Gasteiger partial charge in [0.25, 0.3) is 0 Å². The van der Waals surface area contributed by atoms with E-state index < -0.39 is 37.4 Å². The van der Waals surface area contributed by atoms with Crippen LogP contribution >= 0.6 is 0 Å². The first kappa shape index (κ1) is 11.4. The molecule has 0 atom stereocenters. The van der Waals surface area contributed by atoms with Crippen molar-refractivity contribution in [3.8, 4) is 0 Å². The molecule has 15 heavy (non-hydrogen) atoms. The Morgan fingerprint density at radius 2 is 1.80 bits per heavy atom. The number of nitro benzene ring substituents is 1. The molecule has 9 heteroatoms. The third-order valence-corrected chi connectivity index (χ3v) is 2.33. The van der Waals surface area contributed by atoms with Crippen molar-refractivity contribution in [1.29, 1.82) is 0 Å². The van der Waals surface area contributed by atoms with Crippen molar-refractivity contribution in [2.24, 2.45) is 0 Å². The molecule has 1 aromatic carbocycles. The van der Waals surface area contributed by atoms with Crippen molar-refractivity contribution in [1.82, 2.24) is 0 Å². The van der Waals surface area contributed by atoms with Gasteiger partial charge in [-0.3, -0.25) is 10.1 Å². The van der Waals surface area contributed by atoms with Crippen molar-refractivity contribution in [2.75, 3.05) is 0 Å². The average molecular weight is 241 g/mol. The first-order chi connectivity index (χ1) is 6.75. The highest BCUT2D eigenvalue weighted by Gasteiger charge is 2.30. The summed E-state index contributed by atoms with van der Waals surface area (Å²) in [5.74, 6) is -3.77. The lowest BCUT2D eigenvalue weighted by Crippen LogP contribution is -2.04. The number of benzene rings is 1. The number of hydrogen-bond donors (Lipinski definition) is 0. The molecule has 0 N–H and O–H groups in total. The maximum absolute atomic E-state index is 13.0. The standard InChI is InChI=1S/C6H2F3NO4S/c7-3-1-2-4(10(11)12)5(8)6(3)15(9,13)14/h1-2H. The molecule has 0 saturated heterocycles. The van der Waals surface area contributed by atoms with Crippen molar-refractivity contribution in [3.05, 3.63) is 33.9 Å². The van der Waals surface area contributed by atoms with E-state index in [2.05, 4.69) is 0 Å². The van der Waals surface area contributed by atoms with Crippen LogP contribution in [0.5, 0.6) is 0 Å². The molecule has 0 unspecified atom stereocenters. The zero-order valence-corrected chi connectivity index (χ0v) is 7.59. The molecule has 0 bridgehead atoms. The lowest BCUT2D eigenvalue weighted by Gasteiger charge is -1.99. The second-order valence-corrected chi connectivity index (χ2v) is 3.69. The summed E-state index contributed by atoms with van der Waals surface area (Å²) in [6.45, 7) is 0. The molecule has 0 spiro atoms. The predicted octanol–water partition coefficient (Wildman–Crippen LogP) is 1.53. The summed E-state index contributed by atoms with van der Waals surface area (Å²) in [5, 5.41) is 10.1. The first-order valence-corrected chi connectivity index (χ1v) is 4.70. The summed E-state index contributed by atoms with van der Waals surface area (Å²) in [6.07, 6.45) is 0. The van der Waals surface area contributed by atoms with Crippen LogP contribution in [0.1, 0.15) is 0 Å². The minimum absolute atomic E-state index is 0.299. The first-order valence-electron chi connectivity index (χ1n) is 3.32. The molecule has 5 nitrogen and oxygen atoms in total. The van der Waals surface area contributed by atoms with Gasteiger partial charge in [0.15, 0.2) is 4.90 Å². The van der Waals surface area contributed by atoms with E-state index in [1.807, 2.05) is 0 Å². The van der Waals surface area contributed by atoms with Crippen LogP contribution < -0.4 is 0 Å². The highest BCUT2D eigenvalue weighted by atomic mass is 32.3. The van der Waals surface area contributed by atoms with Crippen LogP contribution in [-0.2, 0) is 10.2 Å². The third-order valence-electron chi connectivity index (χ3n) is 1.47. The Hall–Kier alpha value is -1.64. The maximum Gasteiger partial charge on any atom is 0.338 e. The number of nitrogens with zero attached hydrogens (tertiary/aromatic N) is 1. The van der Waals surface area contributed by atoms with E-state index in [1.165, 1.54) is 0 Å². The van der Waals surface area contributed by atoms with Gasteiger partial charge in [0.05, 0.1) is 4.92 Å². The SMILES string of the molecule is O=[N+]([O-])c1ccc(F)c(S(=O)(=O)F)c1F. The summed E-state index contributed by atoms with van der Waals surface area (Å²) < 4.78 is 58.6. The highest BCUT2D eigenvalue weighted by Crippen LogP contribution is 2.27. The largest absolute Gasteiger partial charge is 0.338 e. The van der Waals surface area contributed by atoms with E-state index in [0.29, 0.717) is 12.1 Å². The minimum atomic E-state index is -5.67. The topological polar surface area (TPSA) is 77.3 Å². The fourth-order valence-electron chi connectivity index (χ4n) is 0.887. The van der Waals surface area contributed by atoms with Crippen LogP contribution in [0.15, 0.2) is 17.0 Å². The lowest BCUT2D eigenvalue weighted by atomic mass is 10.3. The summed E-state index contributed by atoms with van der Waals surface area (Å²) in [6, 6.07) is 0.701. The Bertz CT molecular complexity index is 527. The number of hydrogen-bond acceptors (Lipinski definition) is 4. The number of nitro groups is 1. The molecule has 82 valence electrons. The van der Waals surface area contributed by atoms with Gasteiger partial charge in [-0.15, -0.1) is 3.89 Å². The quantitative estimate of drug-likeness (QED) is 0.447. The van der Waals surface area contributed by atoms with Crippen LogP contribution in [0.2, 0.25) is 0 Å². The zero-order valence-electron chi connectivity index (χ0n) is 6.78. The van der Waals surface area contributed by atoms with E-state index in [9.17, 15) is 31.2 Å². The molecule has 0 aliphatic carbocycles. The molecule has 0 fully saturated rings. The third kappa shape index (κ3) is 2.06. The average Bonchev–Trinajstić information content (AvgIpc) is 2.00. The van der Waals surface area contributed by atoms with Gasteiger partial charge in [-0.2, -0.15) is 12.8 Å². The molecule has 0 saturated carbocycles. The summed E-state index contributed by atoms with van der Waals surface area (Å²) in [5.41, 5.74) is -1.31. The molecule has 0 aliphatic heterocycles. The molecule has 0 aliphatic rings. The Morgan fingerprint density at radius 3 is 2.20 bits per heavy atom. The Morgan fingerprint density at radius 1 is 1.27 bits per heavy atom. The van der Waals surface area contributed by atoms with Crippen LogP contribution in [0.3, 0.4) is 0 Å². The fourth-order valence-corrected chi connectivity index (χ4v) is 1.51. The van der Waals surface area contributed by atoms with Gasteiger partial charge in [-0.25, -0.2) is 4.39 Å². The van der Waals surface area contributed by atoms with Gasteiger partial charge in [0.1, 0.15) is 5.82 Å². The summed E-state index contributed by atoms with van der Waals surface area (Å²) in [4.78, 5) is 6.90. The van der Waals surface area contributed by atoms with E-state index >= 15 is 0 Å².